The number of hydrogen-bond acceptors (Lipinski definition) is 5. The number of anilines is 1. The molecule has 1 aliphatic heterocycles. The van der Waals surface area contributed by atoms with E-state index in [0.29, 0.717) is 16.3 Å². The number of hydrogen-bond donors (Lipinski definition) is 1. The molecule has 0 spiro atoms. The van der Waals surface area contributed by atoms with Crippen LogP contribution in [0, 0.1) is 5.82 Å². The molecule has 2 aromatic carbocycles. The van der Waals surface area contributed by atoms with E-state index in [4.69, 9.17) is 16.3 Å². The van der Waals surface area contributed by atoms with Gasteiger partial charge in [-0.05, 0) is 54.1 Å². The van der Waals surface area contributed by atoms with E-state index >= 15 is 0 Å². The van der Waals surface area contributed by atoms with Gasteiger partial charge in [0.15, 0.2) is 0 Å². The van der Waals surface area contributed by atoms with Crippen LogP contribution < -0.4 is 9.64 Å². The van der Waals surface area contributed by atoms with E-state index in [1.807, 2.05) is 0 Å². The van der Waals surface area contributed by atoms with Crippen molar-refractivity contribution in [1.29, 1.82) is 0 Å². The highest BCUT2D eigenvalue weighted by Gasteiger charge is 2.47. The lowest BCUT2D eigenvalue weighted by Gasteiger charge is -2.25. The number of amides is 1. The third-order valence-corrected chi connectivity index (χ3v) is 5.20. The van der Waals surface area contributed by atoms with Gasteiger partial charge < -0.3 is 9.84 Å². The topological polar surface area (TPSA) is 79.7 Å². The summed E-state index contributed by atoms with van der Waals surface area (Å²) < 4.78 is 18.8. The van der Waals surface area contributed by atoms with Gasteiger partial charge >= 0.3 is 0 Å². The molecule has 156 valence electrons. The van der Waals surface area contributed by atoms with E-state index in [1.54, 1.807) is 30.5 Å². The lowest BCUT2D eigenvalue weighted by Crippen LogP contribution is -2.29. The molecular weight excluding hydrogens is 423 g/mol. The number of ketones is 1. The van der Waals surface area contributed by atoms with Crippen molar-refractivity contribution in [1.82, 2.24) is 4.98 Å². The molecule has 1 amide bonds. The Morgan fingerprint density at radius 3 is 2.55 bits per heavy atom. The Bertz CT molecular complexity index is 1200. The second-order valence-electron chi connectivity index (χ2n) is 6.78. The zero-order chi connectivity index (χ0) is 22.1. The van der Waals surface area contributed by atoms with Crippen LogP contribution in [0.1, 0.15) is 17.2 Å². The number of benzene rings is 2. The van der Waals surface area contributed by atoms with Crippen molar-refractivity contribution in [3.63, 3.8) is 0 Å². The van der Waals surface area contributed by atoms with Gasteiger partial charge in [-0.3, -0.25) is 19.5 Å². The molecule has 2 heterocycles. The number of aromatic nitrogens is 1. The van der Waals surface area contributed by atoms with Crippen molar-refractivity contribution in [3.8, 4) is 5.75 Å². The van der Waals surface area contributed by atoms with Crippen LogP contribution in [-0.4, -0.2) is 28.9 Å². The van der Waals surface area contributed by atoms with Gasteiger partial charge in [-0.15, -0.1) is 0 Å². The number of rotatable bonds is 4. The fourth-order valence-electron chi connectivity index (χ4n) is 3.56. The molecule has 1 N–H and O–H groups in total. The first-order chi connectivity index (χ1) is 14.9. The molecule has 0 radical (unpaired) electrons. The van der Waals surface area contributed by atoms with Crippen LogP contribution in [0.3, 0.4) is 0 Å². The van der Waals surface area contributed by atoms with Gasteiger partial charge in [0.05, 0.1) is 24.3 Å². The van der Waals surface area contributed by atoms with Gasteiger partial charge in [-0.1, -0.05) is 17.7 Å². The van der Waals surface area contributed by atoms with Crippen LogP contribution in [0.5, 0.6) is 5.75 Å². The molecule has 4 rings (SSSR count). The minimum atomic E-state index is -0.983. The summed E-state index contributed by atoms with van der Waals surface area (Å²) in [6, 6.07) is 12.1. The lowest BCUT2D eigenvalue weighted by molar-refractivity contribution is -0.132. The van der Waals surface area contributed by atoms with Gasteiger partial charge in [0.1, 0.15) is 17.3 Å². The molecule has 8 heteroatoms. The number of aliphatic hydroxyl groups is 1. The van der Waals surface area contributed by atoms with E-state index in [9.17, 15) is 19.1 Å². The predicted molar refractivity (Wildman–Crippen MR) is 113 cm³/mol. The maximum absolute atomic E-state index is 13.5. The Labute approximate surface area is 182 Å². The summed E-state index contributed by atoms with van der Waals surface area (Å²) in [5.74, 6) is -2.39. The van der Waals surface area contributed by atoms with E-state index in [2.05, 4.69) is 4.98 Å². The molecule has 1 aliphatic rings. The number of halogens is 2. The molecule has 0 saturated carbocycles. The Hall–Kier alpha value is -3.71. The van der Waals surface area contributed by atoms with Crippen molar-refractivity contribution < 1.29 is 23.8 Å². The molecule has 0 bridgehead atoms. The average Bonchev–Trinajstić information content (AvgIpc) is 3.05. The highest BCUT2D eigenvalue weighted by atomic mass is 35.5. The molecule has 1 unspecified atom stereocenters. The third kappa shape index (κ3) is 3.64. The number of aliphatic hydroxyl groups excluding tert-OH is 1. The molecule has 1 fully saturated rings. The summed E-state index contributed by atoms with van der Waals surface area (Å²) in [5.41, 5.74) is 0.812. The lowest BCUT2D eigenvalue weighted by atomic mass is 9.96. The Morgan fingerprint density at radius 1 is 1.16 bits per heavy atom. The molecule has 6 nitrogen and oxygen atoms in total. The highest BCUT2D eigenvalue weighted by Crippen LogP contribution is 2.43. The summed E-state index contributed by atoms with van der Waals surface area (Å²) in [7, 11) is 1.41. The number of pyridine rings is 1. The first-order valence-corrected chi connectivity index (χ1v) is 9.60. The van der Waals surface area contributed by atoms with E-state index in [-0.39, 0.29) is 16.9 Å². The zero-order valence-electron chi connectivity index (χ0n) is 16.3. The fraction of sp³-hybridized carbons (Fsp3) is 0.0870. The van der Waals surface area contributed by atoms with Gasteiger partial charge in [-0.25, -0.2) is 4.39 Å². The van der Waals surface area contributed by atoms with Crippen molar-refractivity contribution >= 4 is 34.7 Å². The van der Waals surface area contributed by atoms with Crippen LogP contribution in [0.4, 0.5) is 10.1 Å². The first-order valence-electron chi connectivity index (χ1n) is 9.22. The Kier molecular flexibility index (Phi) is 5.44. The summed E-state index contributed by atoms with van der Waals surface area (Å²) in [6.45, 7) is 0. The SMILES string of the molecule is COc1ccc(Cl)cc1/C(O)=C1\C(=O)C(=O)N(c2ccc(F)cc2)C1c1cccnc1. The number of carbonyl (C=O) groups excluding carboxylic acids is 2. The Morgan fingerprint density at radius 2 is 1.90 bits per heavy atom. The van der Waals surface area contributed by atoms with Crippen LogP contribution >= 0.6 is 11.6 Å². The monoisotopic (exact) mass is 438 g/mol. The van der Waals surface area contributed by atoms with Crippen molar-refractivity contribution in [2.24, 2.45) is 0 Å². The number of Topliss-reactive ketones (excluding diaryl/α,β-unsaturated/α-hetero) is 1. The maximum atomic E-state index is 13.5. The van der Waals surface area contributed by atoms with Gasteiger partial charge in [-0.2, -0.15) is 0 Å². The van der Waals surface area contributed by atoms with Crippen LogP contribution in [0.15, 0.2) is 72.6 Å². The van der Waals surface area contributed by atoms with Crippen molar-refractivity contribution in [2.75, 3.05) is 12.0 Å². The highest BCUT2D eigenvalue weighted by molar-refractivity contribution is 6.51. The van der Waals surface area contributed by atoms with Crippen LogP contribution in [0.25, 0.3) is 5.76 Å². The number of nitrogens with zero attached hydrogens (tertiary/aromatic N) is 2. The van der Waals surface area contributed by atoms with Gasteiger partial charge in [0.25, 0.3) is 11.7 Å². The largest absolute Gasteiger partial charge is 0.507 e. The molecular formula is C23H16ClFN2O4. The van der Waals surface area contributed by atoms with E-state index < -0.39 is 29.3 Å². The molecule has 1 saturated heterocycles. The predicted octanol–water partition coefficient (Wildman–Crippen LogP) is 4.51. The number of methoxy groups -OCH3 is 1. The zero-order valence-corrected chi connectivity index (χ0v) is 17.0. The minimum Gasteiger partial charge on any atom is -0.507 e. The maximum Gasteiger partial charge on any atom is 0.300 e. The quantitative estimate of drug-likeness (QED) is 0.368. The summed E-state index contributed by atoms with van der Waals surface area (Å²) in [5, 5.41) is 11.5. The standard InChI is InChI=1S/C23H16ClFN2O4/c1-31-18-9-4-14(24)11-17(18)21(28)19-20(13-3-2-10-26-12-13)27(23(30)22(19)29)16-7-5-15(25)6-8-16/h2-12,20,28H,1H3/b21-19+. The van der Waals surface area contributed by atoms with Crippen LogP contribution in [0.2, 0.25) is 5.02 Å². The van der Waals surface area contributed by atoms with Crippen molar-refractivity contribution in [2.45, 2.75) is 6.04 Å². The van der Waals surface area contributed by atoms with Gasteiger partial charge in [0, 0.05) is 23.1 Å². The summed E-state index contributed by atoms with van der Waals surface area (Å²) in [4.78, 5) is 31.3. The van der Waals surface area contributed by atoms with Crippen LogP contribution in [-0.2, 0) is 9.59 Å². The second kappa shape index (κ2) is 8.20. The molecule has 31 heavy (non-hydrogen) atoms. The minimum absolute atomic E-state index is 0.150. The summed E-state index contributed by atoms with van der Waals surface area (Å²) >= 11 is 6.09. The smallest absolute Gasteiger partial charge is 0.300 e. The summed E-state index contributed by atoms with van der Waals surface area (Å²) in [6.07, 6.45) is 3.04. The first kappa shape index (κ1) is 20.6. The van der Waals surface area contributed by atoms with E-state index in [1.165, 1.54) is 48.5 Å². The normalized spacial score (nSPS) is 17.8. The van der Waals surface area contributed by atoms with Crippen molar-refractivity contribution in [3.05, 3.63) is 94.5 Å². The molecule has 1 aromatic heterocycles. The second-order valence-corrected chi connectivity index (χ2v) is 7.21. The third-order valence-electron chi connectivity index (χ3n) is 4.97. The molecule has 0 aliphatic carbocycles. The number of ether oxygens (including phenoxy) is 1. The molecule has 3 aromatic rings. The van der Waals surface area contributed by atoms with Gasteiger partial charge in [0.2, 0.25) is 0 Å². The van der Waals surface area contributed by atoms with E-state index in [0.717, 1.165) is 0 Å². The molecule has 1 atom stereocenters. The number of carbonyl (C=O) groups is 2. The Balaban J connectivity index is 1.97. The average molecular weight is 439 g/mol. The fourth-order valence-corrected chi connectivity index (χ4v) is 3.74.